The van der Waals surface area contributed by atoms with E-state index in [9.17, 15) is 0 Å². The van der Waals surface area contributed by atoms with Crippen molar-refractivity contribution in [3.63, 3.8) is 0 Å². The fourth-order valence-corrected chi connectivity index (χ4v) is 3.98. The maximum atomic E-state index is 4.38. The van der Waals surface area contributed by atoms with E-state index >= 15 is 0 Å². The molecule has 0 atom stereocenters. The first-order valence-corrected chi connectivity index (χ1v) is 7.54. The van der Waals surface area contributed by atoms with E-state index in [4.69, 9.17) is 0 Å². The van der Waals surface area contributed by atoms with Crippen LogP contribution in [0.2, 0.25) is 0 Å². The van der Waals surface area contributed by atoms with E-state index in [1.165, 1.54) is 44.1 Å². The Labute approximate surface area is 115 Å². The molecule has 0 saturated heterocycles. The van der Waals surface area contributed by atoms with Gasteiger partial charge in [-0.15, -0.1) is 6.58 Å². The van der Waals surface area contributed by atoms with Crippen LogP contribution in [0.1, 0.15) is 72.6 Å². The van der Waals surface area contributed by atoms with Gasteiger partial charge in [0.15, 0.2) is 0 Å². The topological polar surface area (TPSA) is 0 Å². The molecule has 0 nitrogen and oxygen atoms in total. The van der Waals surface area contributed by atoms with Crippen LogP contribution in [0.15, 0.2) is 24.8 Å². The minimum atomic E-state index is 0.483. The van der Waals surface area contributed by atoms with Crippen LogP contribution in [0.25, 0.3) is 0 Å². The highest BCUT2D eigenvalue weighted by molar-refractivity contribution is 5.06. The predicted octanol–water partition coefficient (Wildman–Crippen LogP) is 6.14. The monoisotopic (exact) mass is 248 g/mol. The van der Waals surface area contributed by atoms with Gasteiger partial charge >= 0.3 is 0 Å². The van der Waals surface area contributed by atoms with Crippen molar-refractivity contribution in [2.75, 3.05) is 0 Å². The first-order chi connectivity index (χ1) is 8.26. The van der Waals surface area contributed by atoms with Gasteiger partial charge in [-0.2, -0.15) is 0 Å². The van der Waals surface area contributed by atoms with Crippen LogP contribution >= 0.6 is 0 Å². The largest absolute Gasteiger partial charge is 0.103 e. The molecule has 0 aromatic carbocycles. The molecule has 1 saturated carbocycles. The third-order valence-corrected chi connectivity index (χ3v) is 4.29. The van der Waals surface area contributed by atoms with Crippen molar-refractivity contribution in [2.24, 2.45) is 16.7 Å². The summed E-state index contributed by atoms with van der Waals surface area (Å²) >= 11 is 0. The Morgan fingerprint density at radius 1 is 1.11 bits per heavy atom. The molecule has 0 aliphatic heterocycles. The van der Waals surface area contributed by atoms with Gasteiger partial charge < -0.3 is 0 Å². The van der Waals surface area contributed by atoms with Crippen LogP contribution in [-0.4, -0.2) is 0 Å². The van der Waals surface area contributed by atoms with Gasteiger partial charge in [0.2, 0.25) is 0 Å². The number of unbranched alkanes of at least 4 members (excludes halogenated alkanes) is 2. The molecule has 0 unspecified atom stereocenters. The lowest BCUT2D eigenvalue weighted by atomic mass is 9.60. The zero-order valence-corrected chi connectivity index (χ0v) is 13.0. The van der Waals surface area contributed by atoms with Crippen molar-refractivity contribution in [1.29, 1.82) is 0 Å². The Bertz CT molecular complexity index is 277. The highest BCUT2D eigenvalue weighted by atomic mass is 14.4. The number of hydrogen-bond acceptors (Lipinski definition) is 0. The van der Waals surface area contributed by atoms with Crippen molar-refractivity contribution in [1.82, 2.24) is 0 Å². The molecule has 0 aromatic rings. The third-order valence-electron chi connectivity index (χ3n) is 4.29. The Morgan fingerprint density at radius 2 is 1.67 bits per heavy atom. The molecule has 1 fully saturated rings. The Kier molecular flexibility index (Phi) is 5.25. The summed E-state index contributed by atoms with van der Waals surface area (Å²) in [6.07, 6.45) is 10.9. The van der Waals surface area contributed by atoms with Crippen LogP contribution in [0.3, 0.4) is 0 Å². The maximum absolute atomic E-state index is 4.38. The highest BCUT2D eigenvalue weighted by Gasteiger charge is 2.38. The van der Waals surface area contributed by atoms with Crippen LogP contribution in [0.5, 0.6) is 0 Å². The van der Waals surface area contributed by atoms with E-state index in [1.54, 1.807) is 0 Å². The van der Waals surface area contributed by atoms with Crippen LogP contribution < -0.4 is 0 Å². The molecular weight excluding hydrogens is 216 g/mol. The quantitative estimate of drug-likeness (QED) is 0.391. The summed E-state index contributed by atoms with van der Waals surface area (Å²) in [6.45, 7) is 17.9. The first kappa shape index (κ1) is 15.5. The average Bonchev–Trinajstić information content (AvgIpc) is 2.19. The minimum Gasteiger partial charge on any atom is -0.103 e. The van der Waals surface area contributed by atoms with Gasteiger partial charge in [0.25, 0.3) is 0 Å². The normalized spacial score (nSPS) is 22.7. The molecule has 1 aliphatic carbocycles. The number of hydrogen-bond donors (Lipinski definition) is 0. The van der Waals surface area contributed by atoms with Crippen molar-refractivity contribution in [3.8, 4) is 0 Å². The summed E-state index contributed by atoms with van der Waals surface area (Å²) in [4.78, 5) is 0. The van der Waals surface area contributed by atoms with Gasteiger partial charge in [-0.3, -0.25) is 0 Å². The van der Waals surface area contributed by atoms with Crippen LogP contribution in [0.4, 0.5) is 0 Å². The minimum absolute atomic E-state index is 0.483. The van der Waals surface area contributed by atoms with Gasteiger partial charge in [0.05, 0.1) is 0 Å². The fraction of sp³-hybridized carbons (Fsp3) is 0.778. The second-order valence-corrected chi connectivity index (χ2v) is 7.80. The summed E-state index contributed by atoms with van der Waals surface area (Å²) in [5.41, 5.74) is 2.47. The molecule has 0 bridgehead atoms. The summed E-state index contributed by atoms with van der Waals surface area (Å²) in [5, 5.41) is 0. The molecule has 0 heteroatoms. The van der Waals surface area contributed by atoms with E-state index in [0.29, 0.717) is 10.8 Å². The summed E-state index contributed by atoms with van der Waals surface area (Å²) in [6, 6.07) is 0. The zero-order valence-electron chi connectivity index (χ0n) is 13.0. The molecule has 1 aliphatic rings. The second kappa shape index (κ2) is 6.08. The molecule has 104 valence electrons. The summed E-state index contributed by atoms with van der Waals surface area (Å²) in [7, 11) is 0. The third kappa shape index (κ3) is 5.00. The molecule has 0 heterocycles. The lowest BCUT2D eigenvalue weighted by Gasteiger charge is -2.45. The lowest BCUT2D eigenvalue weighted by molar-refractivity contribution is 0.0806. The summed E-state index contributed by atoms with van der Waals surface area (Å²) < 4.78 is 0. The van der Waals surface area contributed by atoms with Gasteiger partial charge in [-0.05, 0) is 61.7 Å². The number of allylic oxidation sites excluding steroid dienone is 2. The molecule has 0 aromatic heterocycles. The lowest BCUT2D eigenvalue weighted by Crippen LogP contribution is -2.34. The Morgan fingerprint density at radius 3 is 2.17 bits per heavy atom. The van der Waals surface area contributed by atoms with Crippen LogP contribution in [-0.2, 0) is 0 Å². The molecule has 0 spiro atoms. The van der Waals surface area contributed by atoms with Crippen molar-refractivity contribution < 1.29 is 0 Å². The van der Waals surface area contributed by atoms with Crippen molar-refractivity contribution in [2.45, 2.75) is 72.6 Å². The Hall–Kier alpha value is -0.520. The van der Waals surface area contributed by atoms with Gasteiger partial charge in [-0.25, -0.2) is 0 Å². The second-order valence-electron chi connectivity index (χ2n) is 7.80. The smallest absolute Gasteiger partial charge is 0.0196 e. The van der Waals surface area contributed by atoms with Gasteiger partial charge in [0.1, 0.15) is 0 Å². The molecule has 18 heavy (non-hydrogen) atoms. The molecule has 1 rings (SSSR count). The zero-order chi connectivity index (χ0) is 13.8. The summed E-state index contributed by atoms with van der Waals surface area (Å²) in [5.74, 6) is 0.743. The average molecular weight is 248 g/mol. The van der Waals surface area contributed by atoms with E-state index in [1.807, 2.05) is 6.08 Å². The van der Waals surface area contributed by atoms with Gasteiger partial charge in [-0.1, -0.05) is 45.9 Å². The molecule has 0 amide bonds. The molecular formula is C18H32. The Balaban J connectivity index is 2.49. The van der Waals surface area contributed by atoms with Crippen molar-refractivity contribution in [3.05, 3.63) is 24.8 Å². The van der Waals surface area contributed by atoms with Crippen molar-refractivity contribution >= 4 is 0 Å². The van der Waals surface area contributed by atoms with E-state index < -0.39 is 0 Å². The van der Waals surface area contributed by atoms with Gasteiger partial charge in [0, 0.05) is 0 Å². The van der Waals surface area contributed by atoms with E-state index in [0.717, 1.165) is 12.3 Å². The SMILES string of the molecule is C=CCCCCC(=C)C1CC(C)(C)CC(C)(C)C1. The first-order valence-electron chi connectivity index (χ1n) is 7.54. The fourth-order valence-electron chi connectivity index (χ4n) is 3.98. The standard InChI is InChI=1S/C18H32/c1-7-8-9-10-11-15(2)16-12-17(3,4)14-18(5,6)13-16/h7,16H,1-2,8-14H2,3-6H3. The van der Waals surface area contributed by atoms with Crippen LogP contribution in [0, 0.1) is 16.7 Å². The number of rotatable bonds is 6. The van der Waals surface area contributed by atoms with E-state index in [-0.39, 0.29) is 0 Å². The van der Waals surface area contributed by atoms with E-state index in [2.05, 4.69) is 40.9 Å². The molecule has 0 radical (unpaired) electrons. The highest BCUT2D eigenvalue weighted by Crippen LogP contribution is 2.50. The predicted molar refractivity (Wildman–Crippen MR) is 82.7 cm³/mol. The maximum Gasteiger partial charge on any atom is -0.0196 e. The molecule has 0 N–H and O–H groups in total.